The fourth-order valence-electron chi connectivity index (χ4n) is 3.50. The van der Waals surface area contributed by atoms with Crippen LogP contribution in [0.15, 0.2) is 30.4 Å². The molecule has 0 aromatic heterocycles. The largest absolute Gasteiger partial charge is 0.454 e. The Balaban J connectivity index is 1.34. The summed E-state index contributed by atoms with van der Waals surface area (Å²) in [6.45, 7) is 0.282. The Morgan fingerprint density at radius 1 is 1.08 bits per heavy atom. The highest BCUT2D eigenvalue weighted by molar-refractivity contribution is 6.05. The molecule has 7 heteroatoms. The topological polar surface area (TPSA) is 84.9 Å². The monoisotopic (exact) mass is 342 g/mol. The third kappa shape index (κ3) is 2.86. The molecule has 1 aliphatic carbocycles. The van der Waals surface area contributed by atoms with Crippen molar-refractivity contribution in [2.75, 3.05) is 18.7 Å². The highest BCUT2D eigenvalue weighted by Gasteiger charge is 2.46. The summed E-state index contributed by atoms with van der Waals surface area (Å²) in [5.74, 6) is 0.142. The maximum atomic E-state index is 12.4. The van der Waals surface area contributed by atoms with Crippen molar-refractivity contribution in [3.63, 3.8) is 0 Å². The van der Waals surface area contributed by atoms with Gasteiger partial charge in [0.2, 0.25) is 24.5 Å². The van der Waals surface area contributed by atoms with Gasteiger partial charge in [-0.25, -0.2) is 0 Å². The van der Waals surface area contributed by atoms with Crippen LogP contribution in [-0.2, 0) is 14.4 Å². The number of ether oxygens (including phenoxy) is 2. The number of carbonyl (C=O) groups excluding carboxylic acids is 3. The first-order valence-electron chi connectivity index (χ1n) is 8.33. The summed E-state index contributed by atoms with van der Waals surface area (Å²) in [5, 5.41) is 2.75. The minimum absolute atomic E-state index is 0.0682. The molecule has 0 unspecified atom stereocenters. The molecule has 1 fully saturated rings. The van der Waals surface area contributed by atoms with Crippen molar-refractivity contribution < 1.29 is 23.9 Å². The van der Waals surface area contributed by atoms with Gasteiger partial charge in [-0.2, -0.15) is 0 Å². The molecule has 1 saturated heterocycles. The zero-order valence-corrected chi connectivity index (χ0v) is 13.6. The first-order chi connectivity index (χ1) is 12.1. The van der Waals surface area contributed by atoms with E-state index < -0.39 is 0 Å². The molecular weight excluding hydrogens is 324 g/mol. The summed E-state index contributed by atoms with van der Waals surface area (Å²) in [5.41, 5.74) is 0.589. The van der Waals surface area contributed by atoms with E-state index >= 15 is 0 Å². The van der Waals surface area contributed by atoms with Gasteiger partial charge in [-0.15, -0.1) is 0 Å². The van der Waals surface area contributed by atoms with Crippen molar-refractivity contribution in [1.29, 1.82) is 0 Å². The second-order valence-corrected chi connectivity index (χ2v) is 6.35. The number of nitrogens with zero attached hydrogens (tertiary/aromatic N) is 1. The molecule has 0 saturated carbocycles. The van der Waals surface area contributed by atoms with Crippen molar-refractivity contribution in [2.45, 2.75) is 19.3 Å². The minimum atomic E-state index is -0.257. The number of fused-ring (bicyclic) bond motifs is 2. The quantitative estimate of drug-likeness (QED) is 0.665. The third-order valence-corrected chi connectivity index (χ3v) is 4.82. The predicted molar refractivity (Wildman–Crippen MR) is 87.9 cm³/mol. The smallest absolute Gasteiger partial charge is 0.233 e. The zero-order valence-electron chi connectivity index (χ0n) is 13.6. The van der Waals surface area contributed by atoms with Crippen LogP contribution in [-0.4, -0.2) is 36.0 Å². The van der Waals surface area contributed by atoms with E-state index in [-0.39, 0.29) is 49.3 Å². The van der Waals surface area contributed by atoms with Gasteiger partial charge in [0.15, 0.2) is 11.5 Å². The maximum Gasteiger partial charge on any atom is 0.233 e. The van der Waals surface area contributed by atoms with Crippen molar-refractivity contribution in [2.24, 2.45) is 11.8 Å². The number of hydrogen-bond donors (Lipinski definition) is 1. The Kier molecular flexibility index (Phi) is 3.91. The molecule has 0 radical (unpaired) electrons. The fourth-order valence-corrected chi connectivity index (χ4v) is 3.50. The molecule has 3 aliphatic rings. The standard InChI is InChI=1S/C18H18N2O5/c21-16(19-11-5-6-14-15(9-11)25-10-24-14)7-8-20-17(22)12-3-1-2-4-13(12)18(20)23/h1-2,5-6,9,12-13H,3-4,7-8,10H2,(H,19,21)/t12-,13-/m1/s1. The van der Waals surface area contributed by atoms with Gasteiger partial charge in [0.05, 0.1) is 11.8 Å². The van der Waals surface area contributed by atoms with E-state index in [1.54, 1.807) is 18.2 Å². The molecule has 2 aliphatic heterocycles. The van der Waals surface area contributed by atoms with E-state index in [0.29, 0.717) is 30.0 Å². The Morgan fingerprint density at radius 3 is 2.48 bits per heavy atom. The van der Waals surface area contributed by atoms with Gasteiger partial charge in [-0.05, 0) is 25.0 Å². The number of anilines is 1. The molecule has 2 atom stereocenters. The van der Waals surface area contributed by atoms with Crippen LogP contribution in [0, 0.1) is 11.8 Å². The van der Waals surface area contributed by atoms with E-state index in [0.717, 1.165) is 0 Å². The van der Waals surface area contributed by atoms with Crippen LogP contribution in [0.4, 0.5) is 5.69 Å². The van der Waals surface area contributed by atoms with Crippen LogP contribution >= 0.6 is 0 Å². The second-order valence-electron chi connectivity index (χ2n) is 6.35. The molecule has 1 N–H and O–H groups in total. The second kappa shape index (κ2) is 6.23. The van der Waals surface area contributed by atoms with E-state index in [2.05, 4.69) is 5.32 Å². The van der Waals surface area contributed by atoms with E-state index in [1.165, 1.54) is 4.90 Å². The summed E-state index contributed by atoms with van der Waals surface area (Å²) >= 11 is 0. The maximum absolute atomic E-state index is 12.4. The number of hydrogen-bond acceptors (Lipinski definition) is 5. The summed E-state index contributed by atoms with van der Waals surface area (Å²) in [6, 6.07) is 5.13. The van der Waals surface area contributed by atoms with Crippen molar-refractivity contribution in [3.05, 3.63) is 30.4 Å². The van der Waals surface area contributed by atoms with E-state index in [9.17, 15) is 14.4 Å². The molecule has 0 spiro atoms. The van der Waals surface area contributed by atoms with Crippen molar-refractivity contribution in [3.8, 4) is 11.5 Å². The minimum Gasteiger partial charge on any atom is -0.454 e. The van der Waals surface area contributed by atoms with Crippen LogP contribution in [0.5, 0.6) is 11.5 Å². The average molecular weight is 342 g/mol. The van der Waals surface area contributed by atoms with Crippen molar-refractivity contribution in [1.82, 2.24) is 4.90 Å². The highest BCUT2D eigenvalue weighted by atomic mass is 16.7. The number of nitrogens with one attached hydrogen (secondary N) is 1. The van der Waals surface area contributed by atoms with Crippen LogP contribution in [0.25, 0.3) is 0 Å². The van der Waals surface area contributed by atoms with Crippen LogP contribution in [0.3, 0.4) is 0 Å². The molecule has 7 nitrogen and oxygen atoms in total. The van der Waals surface area contributed by atoms with Crippen LogP contribution < -0.4 is 14.8 Å². The number of rotatable bonds is 4. The average Bonchev–Trinajstić information content (AvgIpc) is 3.17. The number of benzene rings is 1. The van der Waals surface area contributed by atoms with Gasteiger partial charge < -0.3 is 14.8 Å². The number of likely N-dealkylation sites (tertiary alicyclic amines) is 1. The molecule has 1 aromatic carbocycles. The van der Waals surface area contributed by atoms with E-state index in [4.69, 9.17) is 9.47 Å². The number of allylic oxidation sites excluding steroid dienone is 2. The Hall–Kier alpha value is -2.83. The van der Waals surface area contributed by atoms with E-state index in [1.807, 2.05) is 12.2 Å². The molecule has 1 aromatic rings. The molecule has 2 heterocycles. The number of carbonyl (C=O) groups is 3. The van der Waals surface area contributed by atoms with Gasteiger partial charge in [-0.1, -0.05) is 12.2 Å². The summed E-state index contributed by atoms with van der Waals surface area (Å²) in [4.78, 5) is 38.1. The van der Waals surface area contributed by atoms with Gasteiger partial charge in [0.25, 0.3) is 0 Å². The Labute approximate surface area is 144 Å². The number of amides is 3. The Morgan fingerprint density at radius 2 is 1.76 bits per heavy atom. The highest BCUT2D eigenvalue weighted by Crippen LogP contribution is 2.35. The molecular formula is C18H18N2O5. The molecule has 3 amide bonds. The van der Waals surface area contributed by atoms with Crippen LogP contribution in [0.2, 0.25) is 0 Å². The zero-order chi connectivity index (χ0) is 17.4. The first kappa shape index (κ1) is 15.7. The van der Waals surface area contributed by atoms with Gasteiger partial charge >= 0.3 is 0 Å². The van der Waals surface area contributed by atoms with Crippen molar-refractivity contribution >= 4 is 23.4 Å². The number of imide groups is 1. The lowest BCUT2D eigenvalue weighted by Crippen LogP contribution is -2.34. The summed E-state index contributed by atoms with van der Waals surface area (Å²) in [6.07, 6.45) is 5.17. The molecule has 4 rings (SSSR count). The lowest BCUT2D eigenvalue weighted by atomic mass is 9.85. The third-order valence-electron chi connectivity index (χ3n) is 4.82. The predicted octanol–water partition coefficient (Wildman–Crippen LogP) is 1.70. The first-order valence-corrected chi connectivity index (χ1v) is 8.33. The van der Waals surface area contributed by atoms with Gasteiger partial charge in [0, 0.05) is 24.7 Å². The summed E-state index contributed by atoms with van der Waals surface area (Å²) in [7, 11) is 0. The van der Waals surface area contributed by atoms with Gasteiger partial charge in [0.1, 0.15) is 0 Å². The Bertz CT molecular complexity index is 747. The fraction of sp³-hybridized carbons (Fsp3) is 0.389. The summed E-state index contributed by atoms with van der Waals surface area (Å²) < 4.78 is 10.5. The SMILES string of the molecule is O=C(CCN1C(=O)[C@@H]2CC=CC[C@H]2C1=O)Nc1ccc2c(c1)OCO2. The normalized spacial score (nSPS) is 23.8. The van der Waals surface area contributed by atoms with Gasteiger partial charge in [-0.3, -0.25) is 19.3 Å². The lowest BCUT2D eigenvalue weighted by Gasteiger charge is -2.14. The molecule has 0 bridgehead atoms. The molecule has 130 valence electrons. The lowest BCUT2D eigenvalue weighted by molar-refractivity contribution is -0.140. The van der Waals surface area contributed by atoms with Crippen LogP contribution in [0.1, 0.15) is 19.3 Å². The molecule has 25 heavy (non-hydrogen) atoms.